The first-order chi connectivity index (χ1) is 14.0. The lowest BCUT2D eigenvalue weighted by Gasteiger charge is -2.25. The third-order valence-electron chi connectivity index (χ3n) is 4.97. The number of benzene rings is 1. The second kappa shape index (κ2) is 9.45. The number of rotatable bonds is 6. The lowest BCUT2D eigenvalue weighted by Crippen LogP contribution is -2.48. The molecule has 1 saturated heterocycles. The summed E-state index contributed by atoms with van der Waals surface area (Å²) in [7, 11) is 4.66. The van der Waals surface area contributed by atoms with E-state index in [2.05, 4.69) is 10.6 Å². The predicted molar refractivity (Wildman–Crippen MR) is 115 cm³/mol. The van der Waals surface area contributed by atoms with E-state index in [-0.39, 0.29) is 35.4 Å². The largest absolute Gasteiger partial charge is 0.493 e. The topological polar surface area (TPSA) is 89.1 Å². The minimum Gasteiger partial charge on any atom is -0.493 e. The van der Waals surface area contributed by atoms with Gasteiger partial charge in [0, 0.05) is 30.6 Å². The van der Waals surface area contributed by atoms with Crippen molar-refractivity contribution in [2.24, 2.45) is 5.92 Å². The number of ether oxygens (including phenoxy) is 3. The minimum absolute atomic E-state index is 0.00976. The first-order valence-electron chi connectivity index (χ1n) is 10.2. The Hall–Kier alpha value is -2.64. The Bertz CT molecular complexity index is 748. The van der Waals surface area contributed by atoms with Crippen molar-refractivity contribution in [1.82, 2.24) is 15.5 Å². The number of carbonyl (C=O) groups excluding carboxylic acids is 2. The van der Waals surface area contributed by atoms with Gasteiger partial charge in [0.05, 0.1) is 27.2 Å². The van der Waals surface area contributed by atoms with E-state index in [0.717, 1.165) is 5.56 Å². The van der Waals surface area contributed by atoms with E-state index in [9.17, 15) is 9.59 Å². The Morgan fingerprint density at radius 3 is 2.03 bits per heavy atom. The Balaban J connectivity index is 2.43. The molecule has 0 unspecified atom stereocenters. The maximum atomic E-state index is 13.0. The fourth-order valence-electron chi connectivity index (χ4n) is 3.68. The molecule has 2 atom stereocenters. The number of methoxy groups -OCH3 is 3. The van der Waals surface area contributed by atoms with Crippen molar-refractivity contribution in [2.75, 3.05) is 34.4 Å². The average molecular weight is 422 g/mol. The van der Waals surface area contributed by atoms with Gasteiger partial charge in [-0.15, -0.1) is 0 Å². The molecule has 1 aliphatic heterocycles. The van der Waals surface area contributed by atoms with Crippen molar-refractivity contribution < 1.29 is 23.8 Å². The van der Waals surface area contributed by atoms with E-state index in [0.29, 0.717) is 30.3 Å². The number of urea groups is 1. The Morgan fingerprint density at radius 2 is 1.60 bits per heavy atom. The van der Waals surface area contributed by atoms with Gasteiger partial charge in [-0.05, 0) is 52.3 Å². The van der Waals surface area contributed by atoms with Gasteiger partial charge in [0.2, 0.25) is 11.7 Å². The van der Waals surface area contributed by atoms with Crippen molar-refractivity contribution in [3.63, 3.8) is 0 Å². The van der Waals surface area contributed by atoms with E-state index in [1.807, 2.05) is 46.8 Å². The molecule has 1 aromatic carbocycles. The van der Waals surface area contributed by atoms with Gasteiger partial charge in [0.1, 0.15) is 0 Å². The summed E-state index contributed by atoms with van der Waals surface area (Å²) < 4.78 is 16.4. The van der Waals surface area contributed by atoms with Crippen molar-refractivity contribution in [3.8, 4) is 17.2 Å². The van der Waals surface area contributed by atoms with Crippen LogP contribution in [-0.2, 0) is 4.79 Å². The van der Waals surface area contributed by atoms with Gasteiger partial charge in [-0.25, -0.2) is 4.79 Å². The summed E-state index contributed by atoms with van der Waals surface area (Å²) in [6, 6.07) is 3.54. The zero-order chi connectivity index (χ0) is 22.6. The van der Waals surface area contributed by atoms with Crippen LogP contribution in [-0.4, -0.2) is 62.8 Å². The van der Waals surface area contributed by atoms with E-state index in [1.165, 1.54) is 0 Å². The maximum Gasteiger partial charge on any atom is 0.317 e. The summed E-state index contributed by atoms with van der Waals surface area (Å²) in [5.41, 5.74) is 0.497. The third kappa shape index (κ3) is 5.49. The van der Waals surface area contributed by atoms with Gasteiger partial charge >= 0.3 is 6.03 Å². The highest BCUT2D eigenvalue weighted by molar-refractivity contribution is 5.83. The molecule has 30 heavy (non-hydrogen) atoms. The van der Waals surface area contributed by atoms with Crippen molar-refractivity contribution in [1.29, 1.82) is 0 Å². The second-order valence-electron chi connectivity index (χ2n) is 8.92. The molecular weight excluding hydrogens is 386 g/mol. The molecule has 0 spiro atoms. The van der Waals surface area contributed by atoms with Crippen LogP contribution >= 0.6 is 0 Å². The highest BCUT2D eigenvalue weighted by Crippen LogP contribution is 2.43. The normalized spacial score (nSPS) is 18.9. The molecule has 3 amide bonds. The van der Waals surface area contributed by atoms with Gasteiger partial charge in [-0.2, -0.15) is 0 Å². The molecule has 0 aliphatic carbocycles. The maximum absolute atomic E-state index is 13.0. The molecule has 1 aromatic rings. The van der Waals surface area contributed by atoms with E-state index in [1.54, 1.807) is 26.2 Å². The van der Waals surface area contributed by atoms with E-state index in [4.69, 9.17) is 14.2 Å². The Kier molecular flexibility index (Phi) is 7.44. The Morgan fingerprint density at radius 1 is 1.03 bits per heavy atom. The SMILES string of the molecule is COc1cc([C@@H]2CN(C(=O)NC(C)(C)C)C[C@@H]2C(=O)NC(C)C)cc(OC)c1OC. The highest BCUT2D eigenvalue weighted by Gasteiger charge is 2.41. The lowest BCUT2D eigenvalue weighted by atomic mass is 9.87. The molecule has 0 bridgehead atoms. The third-order valence-corrected chi connectivity index (χ3v) is 4.97. The van der Waals surface area contributed by atoms with Crippen molar-refractivity contribution in [2.45, 2.75) is 52.1 Å². The van der Waals surface area contributed by atoms with Gasteiger partial charge in [0.25, 0.3) is 0 Å². The number of nitrogens with zero attached hydrogens (tertiary/aromatic N) is 1. The van der Waals surface area contributed by atoms with Crippen molar-refractivity contribution in [3.05, 3.63) is 17.7 Å². The second-order valence-corrected chi connectivity index (χ2v) is 8.92. The van der Waals surface area contributed by atoms with Crippen LogP contribution in [0.1, 0.15) is 46.1 Å². The van der Waals surface area contributed by atoms with E-state index < -0.39 is 0 Å². The number of likely N-dealkylation sites (tertiary alicyclic amines) is 1. The zero-order valence-corrected chi connectivity index (χ0v) is 19.3. The minimum atomic E-state index is -0.388. The van der Waals surface area contributed by atoms with Crippen LogP contribution in [0.15, 0.2) is 12.1 Å². The average Bonchev–Trinajstić information content (AvgIpc) is 3.10. The molecule has 2 N–H and O–H groups in total. The standard InChI is InChI=1S/C22H35N3O5/c1-13(2)23-20(26)16-12-25(21(27)24-22(3,4)5)11-15(16)14-9-17(28-6)19(30-8)18(10-14)29-7/h9-10,13,15-16H,11-12H2,1-8H3,(H,23,26)(H,24,27)/t15-,16-/m0/s1. The van der Waals surface area contributed by atoms with Gasteiger partial charge in [-0.3, -0.25) is 4.79 Å². The van der Waals surface area contributed by atoms with E-state index >= 15 is 0 Å². The fourth-order valence-corrected chi connectivity index (χ4v) is 3.68. The fraction of sp³-hybridized carbons (Fsp3) is 0.636. The summed E-state index contributed by atoms with van der Waals surface area (Å²) in [6.07, 6.45) is 0. The quantitative estimate of drug-likeness (QED) is 0.737. The number of nitrogens with one attached hydrogen (secondary N) is 2. The smallest absolute Gasteiger partial charge is 0.317 e. The molecule has 2 rings (SSSR count). The molecule has 0 saturated carbocycles. The molecule has 1 aliphatic rings. The molecule has 0 aromatic heterocycles. The number of amides is 3. The monoisotopic (exact) mass is 421 g/mol. The molecule has 1 heterocycles. The molecule has 0 radical (unpaired) electrons. The van der Waals surface area contributed by atoms with Crippen LogP contribution in [0.25, 0.3) is 0 Å². The zero-order valence-electron chi connectivity index (χ0n) is 19.3. The first kappa shape index (κ1) is 23.6. The summed E-state index contributed by atoms with van der Waals surface area (Å²) >= 11 is 0. The molecule has 8 heteroatoms. The number of hydrogen-bond donors (Lipinski definition) is 2. The summed E-state index contributed by atoms with van der Waals surface area (Å²) in [5.74, 6) is 0.867. The number of carbonyl (C=O) groups is 2. The molecule has 168 valence electrons. The summed E-state index contributed by atoms with van der Waals surface area (Å²) in [4.78, 5) is 27.5. The lowest BCUT2D eigenvalue weighted by molar-refractivity contribution is -0.125. The van der Waals surface area contributed by atoms with Gasteiger partial charge in [0.15, 0.2) is 11.5 Å². The highest BCUT2D eigenvalue weighted by atomic mass is 16.5. The van der Waals surface area contributed by atoms with Crippen LogP contribution in [0.5, 0.6) is 17.2 Å². The summed E-state index contributed by atoms with van der Waals surface area (Å²) in [5, 5.41) is 5.97. The molecule has 8 nitrogen and oxygen atoms in total. The van der Waals surface area contributed by atoms with Crippen LogP contribution in [0.3, 0.4) is 0 Å². The van der Waals surface area contributed by atoms with Crippen LogP contribution in [0, 0.1) is 5.92 Å². The molecule has 1 fully saturated rings. The van der Waals surface area contributed by atoms with Crippen molar-refractivity contribution >= 4 is 11.9 Å². The number of hydrogen-bond acceptors (Lipinski definition) is 5. The Labute approximate surface area is 179 Å². The molecular formula is C22H35N3O5. The van der Waals surface area contributed by atoms with Gasteiger partial charge in [-0.1, -0.05) is 0 Å². The summed E-state index contributed by atoms with van der Waals surface area (Å²) in [6.45, 7) is 10.4. The van der Waals surface area contributed by atoms with Crippen LogP contribution < -0.4 is 24.8 Å². The van der Waals surface area contributed by atoms with Crippen LogP contribution in [0.2, 0.25) is 0 Å². The predicted octanol–water partition coefficient (Wildman–Crippen LogP) is 2.76. The first-order valence-corrected chi connectivity index (χ1v) is 10.2. The van der Waals surface area contributed by atoms with Gasteiger partial charge < -0.3 is 29.7 Å². The van der Waals surface area contributed by atoms with Crippen LogP contribution in [0.4, 0.5) is 4.79 Å².